The molecule has 16 heavy (non-hydrogen) atoms. The minimum Gasteiger partial charge on any atom is -0.244 e. The summed E-state index contributed by atoms with van der Waals surface area (Å²) < 4.78 is 118. The van der Waals surface area contributed by atoms with Crippen molar-refractivity contribution in [1.29, 1.82) is 0 Å². The van der Waals surface area contributed by atoms with Crippen molar-refractivity contribution in [2.45, 2.75) is 18.0 Å². The van der Waals surface area contributed by atoms with Gasteiger partial charge in [0.05, 0.1) is 0 Å². The summed E-state index contributed by atoms with van der Waals surface area (Å²) in [6.07, 6.45) is -6.60. The summed E-state index contributed by atoms with van der Waals surface area (Å²) >= 11 is 0. The Bertz CT molecular complexity index is 284. The monoisotopic (exact) mass is 264 g/mol. The van der Waals surface area contributed by atoms with Crippen LogP contribution in [0.25, 0.3) is 0 Å². The SMILES string of the molecule is FCC(F)(F)C(F)=C(F)C(F)(F)C(F)(F)F. The average Bonchev–Trinajstić information content (AvgIpc) is 2.13. The summed E-state index contributed by atoms with van der Waals surface area (Å²) in [7, 11) is 0. The van der Waals surface area contributed by atoms with Crippen LogP contribution in [0.3, 0.4) is 0 Å². The molecule has 0 bridgehead atoms. The lowest BCUT2D eigenvalue weighted by molar-refractivity contribution is -0.272. The molecule has 0 aromatic rings. The second kappa shape index (κ2) is 4.13. The molecule has 0 aromatic heterocycles. The molecule has 96 valence electrons. The molecule has 0 N–H and O–H groups in total. The van der Waals surface area contributed by atoms with E-state index in [0.717, 1.165) is 0 Å². The quantitative estimate of drug-likeness (QED) is 0.677. The van der Waals surface area contributed by atoms with Crippen molar-refractivity contribution < 1.29 is 43.9 Å². The Morgan fingerprint density at radius 1 is 0.750 bits per heavy atom. The molecule has 0 radical (unpaired) electrons. The van der Waals surface area contributed by atoms with E-state index in [1.807, 2.05) is 0 Å². The Balaban J connectivity index is 5.50. The van der Waals surface area contributed by atoms with Crippen LogP contribution in [0.1, 0.15) is 0 Å². The Kier molecular flexibility index (Phi) is 3.88. The zero-order chi connectivity index (χ0) is 13.4. The van der Waals surface area contributed by atoms with Crippen molar-refractivity contribution in [3.63, 3.8) is 0 Å². The van der Waals surface area contributed by atoms with Gasteiger partial charge < -0.3 is 0 Å². The van der Waals surface area contributed by atoms with E-state index in [2.05, 4.69) is 0 Å². The zero-order valence-electron chi connectivity index (χ0n) is 6.99. The summed E-state index contributed by atoms with van der Waals surface area (Å²) in [5.41, 5.74) is 0. The molecule has 10 heteroatoms. The van der Waals surface area contributed by atoms with Crippen LogP contribution in [0.4, 0.5) is 43.9 Å². The topological polar surface area (TPSA) is 0 Å². The number of alkyl halides is 8. The third kappa shape index (κ3) is 2.59. The van der Waals surface area contributed by atoms with Crippen molar-refractivity contribution >= 4 is 0 Å². The molecule has 0 saturated carbocycles. The van der Waals surface area contributed by atoms with E-state index in [4.69, 9.17) is 0 Å². The highest BCUT2D eigenvalue weighted by atomic mass is 19.4. The standard InChI is InChI=1S/C6H2F10/c7-1-4(10,11)2(8)3(9)5(12,13)6(14,15)16/h1H2. The highest BCUT2D eigenvalue weighted by molar-refractivity contribution is 5.18. The van der Waals surface area contributed by atoms with Crippen molar-refractivity contribution in [2.24, 2.45) is 0 Å². The Morgan fingerprint density at radius 3 is 1.38 bits per heavy atom. The van der Waals surface area contributed by atoms with Crippen molar-refractivity contribution in [2.75, 3.05) is 6.67 Å². The zero-order valence-corrected chi connectivity index (χ0v) is 6.99. The third-order valence-corrected chi connectivity index (χ3v) is 1.31. The molecule has 0 heterocycles. The summed E-state index contributed by atoms with van der Waals surface area (Å²) in [5.74, 6) is -19.6. The molecule has 0 rings (SSSR count). The fourth-order valence-electron chi connectivity index (χ4n) is 0.481. The van der Waals surface area contributed by atoms with E-state index >= 15 is 0 Å². The maximum Gasteiger partial charge on any atom is 0.460 e. The van der Waals surface area contributed by atoms with Gasteiger partial charge >= 0.3 is 18.0 Å². The maximum atomic E-state index is 12.1. The second-order valence-electron chi connectivity index (χ2n) is 2.54. The van der Waals surface area contributed by atoms with E-state index < -0.39 is 36.3 Å². The predicted octanol–water partition coefficient (Wildman–Crippen LogP) is 3.94. The van der Waals surface area contributed by atoms with Crippen LogP contribution in [-0.2, 0) is 0 Å². The van der Waals surface area contributed by atoms with Crippen LogP contribution in [-0.4, -0.2) is 24.7 Å². The Morgan fingerprint density at radius 2 is 1.12 bits per heavy atom. The first-order valence-electron chi connectivity index (χ1n) is 3.32. The lowest BCUT2D eigenvalue weighted by atomic mass is 10.2. The minimum absolute atomic E-state index is 2.94. The molecule has 0 amide bonds. The number of hydrogen-bond acceptors (Lipinski definition) is 0. The van der Waals surface area contributed by atoms with E-state index in [1.165, 1.54) is 0 Å². The molecular weight excluding hydrogens is 262 g/mol. The Labute approximate surface area is 81.5 Å². The summed E-state index contributed by atoms with van der Waals surface area (Å²) in [6.45, 7) is -2.94. The van der Waals surface area contributed by atoms with Crippen molar-refractivity contribution in [3.05, 3.63) is 11.7 Å². The summed E-state index contributed by atoms with van der Waals surface area (Å²) in [5, 5.41) is 0. The van der Waals surface area contributed by atoms with Crippen molar-refractivity contribution in [3.8, 4) is 0 Å². The fourth-order valence-corrected chi connectivity index (χ4v) is 0.481. The molecule has 0 aliphatic rings. The van der Waals surface area contributed by atoms with Crippen molar-refractivity contribution in [1.82, 2.24) is 0 Å². The minimum atomic E-state index is -6.60. The van der Waals surface area contributed by atoms with Gasteiger partial charge in [-0.15, -0.1) is 0 Å². The Hall–Kier alpha value is -0.960. The molecule has 0 atom stereocenters. The first kappa shape index (κ1) is 15.0. The molecule has 0 aromatic carbocycles. The van der Waals surface area contributed by atoms with Crippen LogP contribution in [0.2, 0.25) is 0 Å². The molecule has 0 aliphatic carbocycles. The van der Waals surface area contributed by atoms with Crippen LogP contribution < -0.4 is 0 Å². The van der Waals surface area contributed by atoms with E-state index in [-0.39, 0.29) is 0 Å². The first-order chi connectivity index (χ1) is 6.88. The van der Waals surface area contributed by atoms with Crippen LogP contribution in [0.5, 0.6) is 0 Å². The maximum absolute atomic E-state index is 12.1. The van der Waals surface area contributed by atoms with Gasteiger partial charge in [0.1, 0.15) is 0 Å². The molecule has 0 spiro atoms. The number of halogens is 10. The predicted molar refractivity (Wildman–Crippen MR) is 31.2 cm³/mol. The fraction of sp³-hybridized carbons (Fsp3) is 0.667. The van der Waals surface area contributed by atoms with Gasteiger partial charge in [-0.2, -0.15) is 30.7 Å². The number of rotatable bonds is 3. The van der Waals surface area contributed by atoms with E-state index in [1.54, 1.807) is 0 Å². The lowest BCUT2D eigenvalue weighted by Crippen LogP contribution is -2.39. The van der Waals surface area contributed by atoms with E-state index in [9.17, 15) is 43.9 Å². The lowest BCUT2D eigenvalue weighted by Gasteiger charge is -2.19. The number of hydrogen-bond donors (Lipinski definition) is 0. The molecular formula is C6H2F10. The van der Waals surface area contributed by atoms with Crippen LogP contribution in [0, 0.1) is 0 Å². The van der Waals surface area contributed by atoms with Gasteiger partial charge in [-0.1, -0.05) is 0 Å². The van der Waals surface area contributed by atoms with Gasteiger partial charge in [-0.3, -0.25) is 0 Å². The molecule has 0 aliphatic heterocycles. The second-order valence-corrected chi connectivity index (χ2v) is 2.54. The van der Waals surface area contributed by atoms with Crippen LogP contribution >= 0.6 is 0 Å². The van der Waals surface area contributed by atoms with Gasteiger partial charge in [0, 0.05) is 0 Å². The van der Waals surface area contributed by atoms with Gasteiger partial charge in [-0.25, -0.2) is 13.2 Å². The third-order valence-electron chi connectivity index (χ3n) is 1.31. The highest BCUT2D eigenvalue weighted by Gasteiger charge is 2.64. The van der Waals surface area contributed by atoms with Gasteiger partial charge in [0.25, 0.3) is 0 Å². The molecule has 0 unspecified atom stereocenters. The summed E-state index contributed by atoms with van der Waals surface area (Å²) in [4.78, 5) is 0. The highest BCUT2D eigenvalue weighted by Crippen LogP contribution is 2.45. The van der Waals surface area contributed by atoms with Gasteiger partial charge in [0.15, 0.2) is 6.67 Å². The molecule has 0 nitrogen and oxygen atoms in total. The van der Waals surface area contributed by atoms with Gasteiger partial charge in [-0.05, 0) is 0 Å². The van der Waals surface area contributed by atoms with E-state index in [0.29, 0.717) is 0 Å². The largest absolute Gasteiger partial charge is 0.460 e. The first-order valence-corrected chi connectivity index (χ1v) is 3.32. The number of allylic oxidation sites excluding steroid dienone is 2. The smallest absolute Gasteiger partial charge is 0.244 e. The van der Waals surface area contributed by atoms with Gasteiger partial charge in [0.2, 0.25) is 11.7 Å². The normalized spacial score (nSPS) is 16.1. The molecule has 0 fully saturated rings. The summed E-state index contributed by atoms with van der Waals surface area (Å²) in [6, 6.07) is 0. The molecule has 0 saturated heterocycles. The average molecular weight is 264 g/mol. The van der Waals surface area contributed by atoms with Crippen LogP contribution in [0.15, 0.2) is 11.7 Å².